The summed E-state index contributed by atoms with van der Waals surface area (Å²) in [4.78, 5) is 6.17. The molecule has 1 N–H and O–H groups in total. The molecule has 0 unspecified atom stereocenters. The van der Waals surface area contributed by atoms with Crippen molar-refractivity contribution >= 4 is 0 Å². The SMILES string of the molecule is [Ru+].[c-]1ncc[nH]1. The summed E-state index contributed by atoms with van der Waals surface area (Å²) in [7, 11) is 0. The Morgan fingerprint density at radius 3 is 2.67 bits per heavy atom. The van der Waals surface area contributed by atoms with Crippen LogP contribution in [0.25, 0.3) is 0 Å². The van der Waals surface area contributed by atoms with Crippen molar-refractivity contribution in [3.63, 3.8) is 0 Å². The maximum atomic E-state index is 3.54. The van der Waals surface area contributed by atoms with Gasteiger partial charge >= 0.3 is 19.5 Å². The van der Waals surface area contributed by atoms with Crippen molar-refractivity contribution in [1.82, 2.24) is 9.97 Å². The van der Waals surface area contributed by atoms with Crippen LogP contribution >= 0.6 is 0 Å². The molecule has 1 radical (unpaired) electrons. The number of nitrogens with zero attached hydrogens (tertiary/aromatic N) is 1. The summed E-state index contributed by atoms with van der Waals surface area (Å²) in [5.74, 6) is 0. The summed E-state index contributed by atoms with van der Waals surface area (Å²) in [6.45, 7) is 0. The summed E-state index contributed by atoms with van der Waals surface area (Å²) >= 11 is 0. The van der Waals surface area contributed by atoms with Crippen molar-refractivity contribution in [2.75, 3.05) is 0 Å². The first kappa shape index (κ1) is 5.83. The normalized spacial score (nSPS) is 6.67. The first-order valence-corrected chi connectivity index (χ1v) is 1.35. The number of rotatable bonds is 0. The van der Waals surface area contributed by atoms with Gasteiger partial charge in [-0.05, 0) is 6.33 Å². The molecule has 33 valence electrons. The van der Waals surface area contributed by atoms with E-state index in [-0.39, 0.29) is 19.5 Å². The molecular formula is C3H3N2Ru. The van der Waals surface area contributed by atoms with Gasteiger partial charge in [0.2, 0.25) is 0 Å². The van der Waals surface area contributed by atoms with Crippen molar-refractivity contribution in [2.45, 2.75) is 0 Å². The molecule has 0 fully saturated rings. The topological polar surface area (TPSA) is 28.7 Å². The van der Waals surface area contributed by atoms with Gasteiger partial charge in [-0.3, -0.25) is 0 Å². The van der Waals surface area contributed by atoms with Crippen LogP contribution in [0.4, 0.5) is 0 Å². The largest absolute Gasteiger partial charge is 1.00 e. The Labute approximate surface area is 48.7 Å². The third kappa shape index (κ3) is 1.32. The molecule has 0 aliphatic heterocycles. The van der Waals surface area contributed by atoms with Gasteiger partial charge in [0.15, 0.2) is 0 Å². The molecule has 1 rings (SSSR count). The Morgan fingerprint density at radius 2 is 2.50 bits per heavy atom. The smallest absolute Gasteiger partial charge is 0.467 e. The summed E-state index contributed by atoms with van der Waals surface area (Å²) < 4.78 is 0. The van der Waals surface area contributed by atoms with Crippen LogP contribution in [-0.2, 0) is 19.5 Å². The Bertz CT molecular complexity index is 65.3. The van der Waals surface area contributed by atoms with Crippen LogP contribution in [-0.4, -0.2) is 9.97 Å². The molecule has 0 amide bonds. The predicted octanol–water partition coefficient (Wildman–Crippen LogP) is 0.207. The zero-order chi connectivity index (χ0) is 3.54. The predicted molar refractivity (Wildman–Crippen MR) is 17.4 cm³/mol. The fourth-order valence-corrected chi connectivity index (χ4v) is 0.186. The summed E-state index contributed by atoms with van der Waals surface area (Å²) in [5.41, 5.74) is 0. The Balaban J connectivity index is 0.000000250. The second-order valence-corrected chi connectivity index (χ2v) is 0.701. The fraction of sp³-hybridized carbons (Fsp3) is 0. The van der Waals surface area contributed by atoms with Gasteiger partial charge < -0.3 is 9.97 Å². The molecule has 0 aliphatic carbocycles. The number of H-pyrrole nitrogens is 1. The van der Waals surface area contributed by atoms with Crippen molar-refractivity contribution in [3.8, 4) is 0 Å². The van der Waals surface area contributed by atoms with Gasteiger partial charge in [0.25, 0.3) is 0 Å². The molecule has 3 heteroatoms. The summed E-state index contributed by atoms with van der Waals surface area (Å²) in [5, 5.41) is 0. The Morgan fingerprint density at radius 1 is 1.67 bits per heavy atom. The van der Waals surface area contributed by atoms with Crippen molar-refractivity contribution in [1.29, 1.82) is 0 Å². The van der Waals surface area contributed by atoms with E-state index in [1.165, 1.54) is 0 Å². The van der Waals surface area contributed by atoms with Gasteiger partial charge in [-0.1, -0.05) is 0 Å². The second-order valence-electron chi connectivity index (χ2n) is 0.701. The van der Waals surface area contributed by atoms with E-state index in [2.05, 4.69) is 16.3 Å². The van der Waals surface area contributed by atoms with Crippen LogP contribution in [0.1, 0.15) is 0 Å². The van der Waals surface area contributed by atoms with E-state index in [1.54, 1.807) is 12.4 Å². The van der Waals surface area contributed by atoms with Gasteiger partial charge in [0, 0.05) is 0 Å². The fourth-order valence-electron chi connectivity index (χ4n) is 0.186. The molecule has 6 heavy (non-hydrogen) atoms. The minimum atomic E-state index is 0. The van der Waals surface area contributed by atoms with E-state index in [0.29, 0.717) is 0 Å². The third-order valence-corrected chi connectivity index (χ3v) is 0.362. The van der Waals surface area contributed by atoms with Crippen molar-refractivity contribution in [2.24, 2.45) is 0 Å². The maximum absolute atomic E-state index is 3.54. The molecular weight excluding hydrogens is 165 g/mol. The van der Waals surface area contributed by atoms with Gasteiger partial charge in [-0.2, -0.15) is 0 Å². The van der Waals surface area contributed by atoms with Crippen LogP contribution in [0.15, 0.2) is 12.4 Å². The average Bonchev–Trinajstić information content (AvgIpc) is 1.76. The molecule has 0 aliphatic rings. The van der Waals surface area contributed by atoms with E-state index in [4.69, 9.17) is 0 Å². The van der Waals surface area contributed by atoms with Crippen LogP contribution in [0.5, 0.6) is 0 Å². The van der Waals surface area contributed by atoms with Gasteiger partial charge in [0.05, 0.1) is 0 Å². The number of hydrogen-bond donors (Lipinski definition) is 1. The minimum Gasteiger partial charge on any atom is -0.467 e. The number of imidazole rings is 1. The quantitative estimate of drug-likeness (QED) is 0.435. The van der Waals surface area contributed by atoms with E-state index in [0.717, 1.165) is 0 Å². The van der Waals surface area contributed by atoms with Crippen LogP contribution in [0.2, 0.25) is 0 Å². The van der Waals surface area contributed by atoms with Crippen LogP contribution in [0.3, 0.4) is 0 Å². The average molecular weight is 168 g/mol. The number of hydrogen-bond acceptors (Lipinski definition) is 1. The monoisotopic (exact) mass is 169 g/mol. The van der Waals surface area contributed by atoms with Gasteiger partial charge in [-0.25, -0.2) is 0 Å². The van der Waals surface area contributed by atoms with E-state index in [9.17, 15) is 0 Å². The molecule has 1 heterocycles. The summed E-state index contributed by atoms with van der Waals surface area (Å²) in [6.07, 6.45) is 5.83. The third-order valence-electron chi connectivity index (χ3n) is 0.362. The van der Waals surface area contributed by atoms with Gasteiger partial charge in [-0.15, -0.1) is 12.4 Å². The molecule has 0 spiro atoms. The number of aromatic nitrogens is 2. The summed E-state index contributed by atoms with van der Waals surface area (Å²) in [6, 6.07) is 0. The first-order chi connectivity index (χ1) is 2.50. The van der Waals surface area contributed by atoms with Crippen LogP contribution < -0.4 is 0 Å². The van der Waals surface area contributed by atoms with E-state index < -0.39 is 0 Å². The number of nitrogens with one attached hydrogen (secondary N) is 1. The minimum absolute atomic E-state index is 0. The molecule has 0 saturated carbocycles. The molecule has 2 nitrogen and oxygen atoms in total. The Kier molecular flexibility index (Phi) is 2.96. The van der Waals surface area contributed by atoms with E-state index in [1.807, 2.05) is 0 Å². The maximum Gasteiger partial charge on any atom is 1.00 e. The zero-order valence-corrected chi connectivity index (χ0v) is 4.69. The first-order valence-electron chi connectivity index (χ1n) is 1.35. The van der Waals surface area contributed by atoms with Gasteiger partial charge in [0.1, 0.15) is 0 Å². The zero-order valence-electron chi connectivity index (χ0n) is 2.96. The Hall–Kier alpha value is -0.167. The van der Waals surface area contributed by atoms with Crippen molar-refractivity contribution in [3.05, 3.63) is 18.7 Å². The van der Waals surface area contributed by atoms with Crippen LogP contribution in [0, 0.1) is 6.33 Å². The molecule has 1 aromatic heterocycles. The molecule has 0 saturated heterocycles. The second kappa shape index (κ2) is 3.04. The molecule has 1 aromatic rings. The van der Waals surface area contributed by atoms with Crippen molar-refractivity contribution < 1.29 is 19.5 Å². The molecule has 0 aromatic carbocycles. The molecule has 0 atom stereocenters. The molecule has 0 bridgehead atoms. The van der Waals surface area contributed by atoms with E-state index >= 15 is 0 Å². The standard InChI is InChI=1S/C3H3N2.Ru/c1-2-5-3-4-1;/h1-2H,(H,4,5);/q-1;+1. The number of aromatic amines is 1.